The number of fused-ring (bicyclic) bond motifs is 1. The van der Waals surface area contributed by atoms with Gasteiger partial charge in [-0.1, -0.05) is 0 Å². The normalized spacial score (nSPS) is 19.5. The second-order valence-corrected chi connectivity index (χ2v) is 13.6. The molecule has 0 fully saturated rings. The number of benzene rings is 4. The monoisotopic (exact) mass is 479 g/mol. The van der Waals surface area contributed by atoms with Crippen LogP contribution < -0.4 is 21.2 Å². The Kier molecular flexibility index (Phi) is 5.03. The molecule has 0 saturated heterocycles. The van der Waals surface area contributed by atoms with Gasteiger partial charge in [0.1, 0.15) is 0 Å². The van der Waals surface area contributed by atoms with Crippen LogP contribution in [0.1, 0.15) is 11.3 Å². The molecule has 1 unspecified atom stereocenters. The van der Waals surface area contributed by atoms with Crippen LogP contribution in [-0.2, 0) is 14.4 Å². The Balaban J connectivity index is 2.06. The summed E-state index contributed by atoms with van der Waals surface area (Å²) in [5.41, 5.74) is 1.13. The summed E-state index contributed by atoms with van der Waals surface area (Å²) in [4.78, 5) is 0. The Hall–Kier alpha value is -3.22. The predicted octanol–water partition coefficient (Wildman–Crippen LogP) is 4.08. The van der Waals surface area contributed by atoms with Gasteiger partial charge in [-0.2, -0.15) is 0 Å². The molecule has 1 heterocycles. The summed E-state index contributed by atoms with van der Waals surface area (Å²) in [7, 11) is -4.98. The van der Waals surface area contributed by atoms with Crippen LogP contribution in [0.3, 0.4) is 0 Å². The van der Waals surface area contributed by atoms with Crippen molar-refractivity contribution >= 4 is 38.8 Å². The van der Waals surface area contributed by atoms with Gasteiger partial charge in [0.05, 0.1) is 0 Å². The molecule has 0 spiro atoms. The van der Waals surface area contributed by atoms with Crippen molar-refractivity contribution in [3.05, 3.63) is 115 Å². The molecular weight excluding hydrogens is 457 g/mol. The fourth-order valence-electron chi connectivity index (χ4n) is 4.99. The van der Waals surface area contributed by atoms with Gasteiger partial charge in [0.15, 0.2) is 0 Å². The van der Waals surface area contributed by atoms with Gasteiger partial charge in [0.25, 0.3) is 0 Å². The van der Waals surface area contributed by atoms with E-state index in [9.17, 15) is 18.1 Å². The molecule has 0 saturated carbocycles. The van der Waals surface area contributed by atoms with Gasteiger partial charge in [-0.25, -0.2) is 0 Å². The fraction of sp³-hybridized carbons (Fsp3) is 0.0400. The zero-order valence-corrected chi connectivity index (χ0v) is 19.2. The Bertz CT molecular complexity index is 1390. The molecule has 8 heteroatoms. The summed E-state index contributed by atoms with van der Waals surface area (Å²) in [6.45, 7) is -4.53. The molecule has 0 aromatic heterocycles. The number of hydrogen-bond acceptors (Lipinski definition) is 5. The summed E-state index contributed by atoms with van der Waals surface area (Å²) in [5, 5.41) is 16.2. The molecule has 3 N–H and O–H groups in total. The van der Waals surface area contributed by atoms with E-state index < -0.39 is 23.0 Å². The Morgan fingerprint density at radius 1 is 0.727 bits per heavy atom. The van der Waals surface area contributed by atoms with Gasteiger partial charge in [-0.05, 0) is 0 Å². The number of anilines is 1. The van der Waals surface area contributed by atoms with Crippen molar-refractivity contribution in [2.45, 2.75) is 5.78 Å². The number of para-hydroxylation sites is 2. The zero-order valence-electron chi connectivity index (χ0n) is 17.4. The number of hydrogen-bond donors (Lipinski definition) is 3. The summed E-state index contributed by atoms with van der Waals surface area (Å²) < 4.78 is 41.7. The molecule has 33 heavy (non-hydrogen) atoms. The van der Waals surface area contributed by atoms with Gasteiger partial charge in [-0.15, -0.1) is 0 Å². The maximum absolute atomic E-state index is 12.7. The summed E-state index contributed by atoms with van der Waals surface area (Å²) in [6.07, 6.45) is 0. The van der Waals surface area contributed by atoms with E-state index in [0.717, 1.165) is 0 Å². The fourth-order valence-corrected chi connectivity index (χ4v) is 13.3. The third-order valence-corrected chi connectivity index (χ3v) is 13.6. The molecule has 4 aromatic carbocycles. The Morgan fingerprint density at radius 3 is 1.82 bits per heavy atom. The predicted molar refractivity (Wildman–Crippen MR) is 132 cm³/mol. The molecule has 168 valence electrons. The topological polar surface area (TPSA) is 95.9 Å². The SMILES string of the molecule is O=S(=O)(O)OP1(c2ccccc2)(c2ccccc2)c2ccccc2NC1c1ccccc1O. The van der Waals surface area contributed by atoms with Gasteiger partial charge in [0, 0.05) is 0 Å². The van der Waals surface area contributed by atoms with Crippen LogP contribution in [0.2, 0.25) is 0 Å². The number of nitrogens with one attached hydrogen (secondary N) is 1. The molecule has 0 bridgehead atoms. The zero-order chi connectivity index (χ0) is 23.1. The van der Waals surface area contributed by atoms with Crippen molar-refractivity contribution in [3.63, 3.8) is 0 Å². The maximum atomic E-state index is 12.7. The van der Waals surface area contributed by atoms with E-state index in [1.54, 1.807) is 24.3 Å². The van der Waals surface area contributed by atoms with Crippen LogP contribution in [-0.4, -0.2) is 18.1 Å². The van der Waals surface area contributed by atoms with Gasteiger partial charge >= 0.3 is 192 Å². The van der Waals surface area contributed by atoms with Crippen molar-refractivity contribution in [1.29, 1.82) is 0 Å². The number of phenols is 1. The first kappa shape index (κ1) is 21.6. The molecule has 6 nitrogen and oxygen atoms in total. The van der Waals surface area contributed by atoms with Crippen molar-refractivity contribution < 1.29 is 22.0 Å². The molecule has 0 aliphatic carbocycles. The number of rotatable bonds is 5. The average molecular weight is 479 g/mol. The van der Waals surface area contributed by atoms with Crippen LogP contribution in [0, 0.1) is 0 Å². The Labute approximate surface area is 192 Å². The quantitative estimate of drug-likeness (QED) is 0.295. The molecule has 5 rings (SSSR count). The molecule has 0 amide bonds. The molecule has 1 atom stereocenters. The standard InChI is InChI=1S/C25H22NO5PS/c27-23-17-9-7-15-21(23)25-26-22-16-8-10-18-24(22)32(25,31-33(28,29)30,19-11-3-1-4-12-19)20-13-5-2-6-14-20/h1-18,25-27H,(H,28,29,30). The minimum absolute atomic E-state index is 0.0115. The average Bonchev–Trinajstić information content (AvgIpc) is 3.12. The number of phenolic OH excluding ortho intramolecular Hbond substituents is 1. The van der Waals surface area contributed by atoms with Crippen LogP contribution >= 0.6 is 6.83 Å². The van der Waals surface area contributed by atoms with Crippen molar-refractivity contribution in [3.8, 4) is 5.75 Å². The molecule has 1 aliphatic heterocycles. The van der Waals surface area contributed by atoms with E-state index in [4.69, 9.17) is 3.97 Å². The second kappa shape index (κ2) is 7.68. The van der Waals surface area contributed by atoms with Gasteiger partial charge in [0.2, 0.25) is 0 Å². The van der Waals surface area contributed by atoms with E-state index in [1.165, 1.54) is 0 Å². The summed E-state index contributed by atoms with van der Waals surface area (Å²) in [5.74, 6) is -0.844. The van der Waals surface area contributed by atoms with Gasteiger partial charge in [-0.3, -0.25) is 0 Å². The van der Waals surface area contributed by atoms with Crippen LogP contribution in [0.4, 0.5) is 5.69 Å². The van der Waals surface area contributed by atoms with Crippen molar-refractivity contribution in [1.82, 2.24) is 0 Å². The second-order valence-electron chi connectivity index (χ2n) is 7.90. The molecule has 0 radical (unpaired) electrons. The van der Waals surface area contributed by atoms with E-state index in [2.05, 4.69) is 5.32 Å². The van der Waals surface area contributed by atoms with Crippen LogP contribution in [0.15, 0.2) is 109 Å². The third-order valence-electron chi connectivity index (χ3n) is 6.19. The first-order valence-corrected chi connectivity index (χ1v) is 13.9. The Morgan fingerprint density at radius 2 is 1.24 bits per heavy atom. The van der Waals surface area contributed by atoms with E-state index in [-0.39, 0.29) is 5.75 Å². The van der Waals surface area contributed by atoms with Crippen molar-refractivity contribution in [2.75, 3.05) is 5.32 Å². The van der Waals surface area contributed by atoms with Crippen LogP contribution in [0.5, 0.6) is 5.75 Å². The van der Waals surface area contributed by atoms with E-state index >= 15 is 0 Å². The summed E-state index contributed by atoms with van der Waals surface area (Å²) in [6, 6.07) is 32.2. The minimum atomic E-state index is -4.98. The van der Waals surface area contributed by atoms with E-state index in [1.807, 2.05) is 84.9 Å². The first-order chi connectivity index (χ1) is 15.9. The molecule has 4 aromatic rings. The van der Waals surface area contributed by atoms with E-state index in [0.29, 0.717) is 27.2 Å². The molecular formula is C25H22NO5PS. The summed E-state index contributed by atoms with van der Waals surface area (Å²) >= 11 is 0. The van der Waals surface area contributed by atoms with Crippen LogP contribution in [0.25, 0.3) is 0 Å². The third kappa shape index (κ3) is 3.09. The molecule has 1 aliphatic rings. The first-order valence-electron chi connectivity index (χ1n) is 10.3. The number of aromatic hydroxyl groups is 1. The van der Waals surface area contributed by atoms with Gasteiger partial charge < -0.3 is 0 Å². The van der Waals surface area contributed by atoms with Crippen molar-refractivity contribution in [2.24, 2.45) is 0 Å².